The van der Waals surface area contributed by atoms with Gasteiger partial charge in [0.15, 0.2) is 5.50 Å². The van der Waals surface area contributed by atoms with Crippen molar-refractivity contribution in [3.05, 3.63) is 86.0 Å². The van der Waals surface area contributed by atoms with Crippen LogP contribution in [0.2, 0.25) is 5.02 Å². The molecule has 2 aromatic carbocycles. The van der Waals surface area contributed by atoms with E-state index < -0.39 is 4.92 Å². The maximum atomic E-state index is 12.3. The van der Waals surface area contributed by atoms with Crippen LogP contribution in [0.4, 0.5) is 11.4 Å². The number of non-ortho nitro benzene ring substituents is 1. The van der Waals surface area contributed by atoms with Crippen LogP contribution < -0.4 is 10.6 Å². The standard InChI is InChI=1S/C21H16ClN3O4S/c1-12-2-5-14(22)10-17(12)23-21-24-20(26)19(30-21)11-16-8-9-18(29-16)13-3-6-15(7-4-13)25(27)28/h2-11,21,23H,1H3,(H,24,26)/b19-11-. The molecular weight excluding hydrogens is 426 g/mol. The van der Waals surface area contributed by atoms with Gasteiger partial charge in [-0.1, -0.05) is 29.4 Å². The van der Waals surface area contributed by atoms with Crippen LogP contribution in [0.25, 0.3) is 17.4 Å². The number of rotatable bonds is 5. The Balaban J connectivity index is 1.48. The zero-order valence-corrected chi connectivity index (χ0v) is 17.3. The molecule has 1 aliphatic heterocycles. The number of anilines is 1. The molecule has 0 radical (unpaired) electrons. The van der Waals surface area contributed by atoms with E-state index in [1.807, 2.05) is 25.1 Å². The lowest BCUT2D eigenvalue weighted by atomic mass is 10.1. The first-order chi connectivity index (χ1) is 14.4. The maximum Gasteiger partial charge on any atom is 0.269 e. The zero-order valence-electron chi connectivity index (χ0n) is 15.7. The van der Waals surface area contributed by atoms with Crippen LogP contribution in [0.3, 0.4) is 0 Å². The monoisotopic (exact) mass is 441 g/mol. The summed E-state index contributed by atoms with van der Waals surface area (Å²) in [5.74, 6) is 0.871. The van der Waals surface area contributed by atoms with E-state index in [0.717, 1.165) is 11.3 Å². The van der Waals surface area contributed by atoms with E-state index in [4.69, 9.17) is 16.0 Å². The van der Waals surface area contributed by atoms with E-state index in [-0.39, 0.29) is 17.1 Å². The van der Waals surface area contributed by atoms with E-state index in [9.17, 15) is 14.9 Å². The summed E-state index contributed by atoms with van der Waals surface area (Å²) in [7, 11) is 0. The van der Waals surface area contributed by atoms with Crippen molar-refractivity contribution in [1.29, 1.82) is 0 Å². The Labute approximate surface area is 181 Å². The van der Waals surface area contributed by atoms with Crippen LogP contribution in [0.15, 0.2) is 63.9 Å². The SMILES string of the molecule is Cc1ccc(Cl)cc1NC1NC(=O)/C(=C/c2ccc(-c3ccc([N+](=O)[O-])cc3)o2)S1. The minimum Gasteiger partial charge on any atom is -0.457 e. The van der Waals surface area contributed by atoms with Crippen LogP contribution in [-0.4, -0.2) is 16.3 Å². The maximum absolute atomic E-state index is 12.3. The number of benzene rings is 2. The quantitative estimate of drug-likeness (QED) is 0.312. The van der Waals surface area contributed by atoms with Crippen LogP contribution in [-0.2, 0) is 4.79 Å². The van der Waals surface area contributed by atoms with Crippen molar-refractivity contribution < 1.29 is 14.1 Å². The largest absolute Gasteiger partial charge is 0.457 e. The van der Waals surface area contributed by atoms with E-state index in [0.29, 0.717) is 27.0 Å². The molecule has 3 aromatic rings. The Morgan fingerprint density at radius 1 is 1.20 bits per heavy atom. The average molecular weight is 442 g/mol. The molecule has 30 heavy (non-hydrogen) atoms. The molecule has 1 saturated heterocycles. The Kier molecular flexibility index (Phi) is 5.52. The highest BCUT2D eigenvalue weighted by Crippen LogP contribution is 2.33. The Bertz CT molecular complexity index is 1160. The molecule has 9 heteroatoms. The molecule has 7 nitrogen and oxygen atoms in total. The fraction of sp³-hybridized carbons (Fsp3) is 0.0952. The van der Waals surface area contributed by atoms with Gasteiger partial charge in [0.2, 0.25) is 0 Å². The summed E-state index contributed by atoms with van der Waals surface area (Å²) in [6, 6.07) is 15.1. The number of hydrogen-bond donors (Lipinski definition) is 2. The molecule has 2 N–H and O–H groups in total. The third kappa shape index (κ3) is 4.34. The second-order valence-corrected chi connectivity index (χ2v) is 8.17. The number of nitrogens with one attached hydrogen (secondary N) is 2. The number of aryl methyl sites for hydroxylation is 1. The van der Waals surface area contributed by atoms with Crippen molar-refractivity contribution in [2.75, 3.05) is 5.32 Å². The summed E-state index contributed by atoms with van der Waals surface area (Å²) in [6.45, 7) is 1.96. The highest BCUT2D eigenvalue weighted by Gasteiger charge is 2.28. The summed E-state index contributed by atoms with van der Waals surface area (Å²) in [5, 5.41) is 17.5. The van der Waals surface area contributed by atoms with Gasteiger partial charge in [-0.05, 0) is 48.9 Å². The molecule has 0 saturated carbocycles. The number of hydrogen-bond acceptors (Lipinski definition) is 6. The number of amides is 1. The van der Waals surface area contributed by atoms with Crippen molar-refractivity contribution in [3.8, 4) is 11.3 Å². The van der Waals surface area contributed by atoms with Gasteiger partial charge in [-0.25, -0.2) is 0 Å². The minimum atomic E-state index is -0.451. The lowest BCUT2D eigenvalue weighted by Crippen LogP contribution is -2.31. The number of thioether (sulfide) groups is 1. The highest BCUT2D eigenvalue weighted by molar-refractivity contribution is 8.05. The number of furan rings is 1. The van der Waals surface area contributed by atoms with Crippen molar-refractivity contribution in [3.63, 3.8) is 0 Å². The van der Waals surface area contributed by atoms with Crippen molar-refractivity contribution in [1.82, 2.24) is 5.32 Å². The molecule has 1 atom stereocenters. The number of halogens is 1. The lowest BCUT2D eigenvalue weighted by Gasteiger charge is -2.15. The van der Waals surface area contributed by atoms with Crippen LogP contribution in [0.1, 0.15) is 11.3 Å². The van der Waals surface area contributed by atoms with E-state index >= 15 is 0 Å². The topological polar surface area (TPSA) is 97.4 Å². The summed E-state index contributed by atoms with van der Waals surface area (Å²) in [5.41, 5.74) is 2.26. The smallest absolute Gasteiger partial charge is 0.269 e. The summed E-state index contributed by atoms with van der Waals surface area (Å²) < 4.78 is 5.79. The zero-order chi connectivity index (χ0) is 21.3. The van der Waals surface area contributed by atoms with Gasteiger partial charge >= 0.3 is 0 Å². The Morgan fingerprint density at radius 2 is 1.97 bits per heavy atom. The predicted molar refractivity (Wildman–Crippen MR) is 118 cm³/mol. The minimum absolute atomic E-state index is 0.0140. The number of nitro groups is 1. The van der Waals surface area contributed by atoms with Gasteiger partial charge in [0.1, 0.15) is 11.5 Å². The molecule has 1 unspecified atom stereocenters. The van der Waals surface area contributed by atoms with E-state index in [1.165, 1.54) is 23.9 Å². The Hall–Kier alpha value is -3.23. The van der Waals surface area contributed by atoms with Gasteiger partial charge in [0.05, 0.1) is 9.83 Å². The molecule has 0 bridgehead atoms. The van der Waals surface area contributed by atoms with E-state index in [2.05, 4.69) is 10.6 Å². The Morgan fingerprint density at radius 3 is 2.70 bits per heavy atom. The second-order valence-electron chi connectivity index (χ2n) is 6.59. The van der Waals surface area contributed by atoms with Gasteiger partial charge < -0.3 is 15.1 Å². The second kappa shape index (κ2) is 8.25. The number of nitrogens with zero attached hydrogens (tertiary/aromatic N) is 1. The molecule has 4 rings (SSSR count). The normalized spacial score (nSPS) is 17.2. The van der Waals surface area contributed by atoms with Gasteiger partial charge in [-0.3, -0.25) is 14.9 Å². The first-order valence-electron chi connectivity index (χ1n) is 8.95. The van der Waals surface area contributed by atoms with Gasteiger partial charge in [0, 0.05) is 34.5 Å². The van der Waals surface area contributed by atoms with Gasteiger partial charge in [0.25, 0.3) is 11.6 Å². The summed E-state index contributed by atoms with van der Waals surface area (Å²) in [6.07, 6.45) is 1.67. The molecule has 2 heterocycles. The summed E-state index contributed by atoms with van der Waals surface area (Å²) >= 11 is 7.40. The summed E-state index contributed by atoms with van der Waals surface area (Å²) in [4.78, 5) is 23.2. The molecule has 1 aliphatic rings. The number of nitro benzene ring substituents is 1. The van der Waals surface area contributed by atoms with Crippen molar-refractivity contribution in [2.45, 2.75) is 12.4 Å². The van der Waals surface area contributed by atoms with Gasteiger partial charge in [-0.2, -0.15) is 0 Å². The first-order valence-corrected chi connectivity index (χ1v) is 10.2. The molecule has 1 amide bonds. The molecule has 0 aliphatic carbocycles. The van der Waals surface area contributed by atoms with Crippen LogP contribution in [0.5, 0.6) is 0 Å². The molecule has 1 aromatic heterocycles. The first kappa shape index (κ1) is 20.1. The highest BCUT2D eigenvalue weighted by atomic mass is 35.5. The van der Waals surface area contributed by atoms with Crippen molar-refractivity contribution >= 4 is 46.7 Å². The van der Waals surface area contributed by atoms with Crippen molar-refractivity contribution in [2.24, 2.45) is 0 Å². The number of carbonyl (C=O) groups is 1. The van der Waals surface area contributed by atoms with Crippen LogP contribution in [0, 0.1) is 17.0 Å². The fourth-order valence-corrected chi connectivity index (χ4v) is 4.05. The van der Waals surface area contributed by atoms with E-state index in [1.54, 1.807) is 30.3 Å². The fourth-order valence-electron chi connectivity index (χ4n) is 2.92. The number of carbonyl (C=O) groups excluding carboxylic acids is 1. The lowest BCUT2D eigenvalue weighted by molar-refractivity contribution is -0.384. The predicted octanol–water partition coefficient (Wildman–Crippen LogP) is 5.42. The van der Waals surface area contributed by atoms with Crippen LogP contribution >= 0.6 is 23.4 Å². The molecule has 1 fully saturated rings. The third-order valence-electron chi connectivity index (χ3n) is 4.48. The third-order valence-corrected chi connectivity index (χ3v) is 5.74. The molecular formula is C21H16ClN3O4S. The van der Waals surface area contributed by atoms with Gasteiger partial charge in [-0.15, -0.1) is 0 Å². The average Bonchev–Trinajstić information content (AvgIpc) is 3.32. The molecule has 0 spiro atoms. The molecule has 152 valence electrons.